The Morgan fingerprint density at radius 3 is 2.59 bits per heavy atom. The third-order valence-corrected chi connectivity index (χ3v) is 8.23. The zero-order chi connectivity index (χ0) is 25.2. The highest BCUT2D eigenvalue weighted by Crippen LogP contribution is 2.43. The second-order valence-electron chi connectivity index (χ2n) is 10.3. The highest BCUT2D eigenvalue weighted by atomic mass is 16.7. The molecule has 3 aromatic rings. The number of aromatic nitrogens is 1. The number of nitrogens with one attached hydrogen (secondary N) is 1. The first-order chi connectivity index (χ1) is 18.2. The smallest absolute Gasteiger partial charge is 0.229 e. The molecule has 4 atom stereocenters. The standard InChI is InChI=1S/C30H35N3O4/c1-35-28-9-5-8-25-24(12-13-31-30(25)28)27(17-34)33-22-10-11-23(33)16-21(15-22)32-26(29-18-36-19-37-29)14-20-6-3-2-4-7-20/h2-9,12-13,18,21-23,26-27,32,34H,10-11,14-17,19H2,1H3. The van der Waals surface area contributed by atoms with Gasteiger partial charge in [0.15, 0.2) is 5.76 Å². The Balaban J connectivity index is 1.22. The van der Waals surface area contributed by atoms with Crippen molar-refractivity contribution in [2.45, 2.75) is 62.3 Å². The van der Waals surface area contributed by atoms with Crippen molar-refractivity contribution in [1.29, 1.82) is 0 Å². The molecular formula is C30H35N3O4. The molecule has 37 heavy (non-hydrogen) atoms. The van der Waals surface area contributed by atoms with Crippen molar-refractivity contribution >= 4 is 10.9 Å². The molecule has 4 heterocycles. The van der Waals surface area contributed by atoms with E-state index in [0.717, 1.165) is 60.1 Å². The van der Waals surface area contributed by atoms with Crippen molar-refractivity contribution in [1.82, 2.24) is 15.2 Å². The molecule has 4 unspecified atom stereocenters. The van der Waals surface area contributed by atoms with E-state index in [2.05, 4.69) is 51.6 Å². The summed E-state index contributed by atoms with van der Waals surface area (Å²) in [7, 11) is 1.68. The van der Waals surface area contributed by atoms with E-state index in [1.165, 1.54) is 5.56 Å². The number of aliphatic hydroxyl groups excluding tert-OH is 1. The Labute approximate surface area is 218 Å². The lowest BCUT2D eigenvalue weighted by atomic mass is 9.91. The van der Waals surface area contributed by atoms with Gasteiger partial charge in [0.2, 0.25) is 6.79 Å². The van der Waals surface area contributed by atoms with Crippen LogP contribution in [0.3, 0.4) is 0 Å². The molecule has 194 valence electrons. The Bertz CT molecular complexity index is 1240. The second kappa shape index (κ2) is 10.7. The van der Waals surface area contributed by atoms with Crippen molar-refractivity contribution in [3.8, 4) is 5.75 Å². The summed E-state index contributed by atoms with van der Waals surface area (Å²) in [5, 5.41) is 15.6. The van der Waals surface area contributed by atoms with Gasteiger partial charge in [-0.25, -0.2) is 0 Å². The van der Waals surface area contributed by atoms with Crippen LogP contribution in [0, 0.1) is 0 Å². The first-order valence-electron chi connectivity index (χ1n) is 13.3. The van der Waals surface area contributed by atoms with Crippen LogP contribution in [0.4, 0.5) is 0 Å². The summed E-state index contributed by atoms with van der Waals surface area (Å²) in [5.41, 5.74) is 3.25. The molecule has 0 amide bonds. The number of pyridine rings is 1. The van der Waals surface area contributed by atoms with Gasteiger partial charge in [0, 0.05) is 29.7 Å². The second-order valence-corrected chi connectivity index (χ2v) is 10.3. The fraction of sp³-hybridized carbons (Fsp3) is 0.433. The van der Waals surface area contributed by atoms with Crippen molar-refractivity contribution in [3.05, 3.63) is 83.9 Å². The molecule has 0 saturated carbocycles. The van der Waals surface area contributed by atoms with Crippen LogP contribution in [-0.4, -0.2) is 59.7 Å². The van der Waals surface area contributed by atoms with E-state index in [1.807, 2.05) is 24.4 Å². The van der Waals surface area contributed by atoms with E-state index in [-0.39, 0.29) is 25.5 Å². The van der Waals surface area contributed by atoms with Crippen molar-refractivity contribution in [2.24, 2.45) is 0 Å². The summed E-state index contributed by atoms with van der Waals surface area (Å²) in [6.45, 7) is 0.366. The predicted octanol–water partition coefficient (Wildman–Crippen LogP) is 4.32. The Hall–Kier alpha value is -3.13. The number of hydrogen-bond acceptors (Lipinski definition) is 7. The quantitative estimate of drug-likeness (QED) is 0.452. The Kier molecular flexibility index (Phi) is 7.00. The fourth-order valence-electron chi connectivity index (χ4n) is 6.65. The summed E-state index contributed by atoms with van der Waals surface area (Å²) >= 11 is 0. The summed E-state index contributed by atoms with van der Waals surface area (Å²) in [4.78, 5) is 7.16. The van der Waals surface area contributed by atoms with Crippen LogP contribution in [0.25, 0.3) is 10.9 Å². The molecular weight excluding hydrogens is 466 g/mol. The highest BCUT2D eigenvalue weighted by Gasteiger charge is 2.45. The third kappa shape index (κ3) is 4.79. The monoisotopic (exact) mass is 501 g/mol. The summed E-state index contributed by atoms with van der Waals surface area (Å²) in [6.07, 6.45) is 8.83. The van der Waals surface area contributed by atoms with Gasteiger partial charge in [-0.05, 0) is 55.4 Å². The molecule has 3 aliphatic rings. The number of fused-ring (bicyclic) bond motifs is 3. The summed E-state index contributed by atoms with van der Waals surface area (Å²) < 4.78 is 16.8. The minimum atomic E-state index is -0.0644. The van der Waals surface area contributed by atoms with Crippen LogP contribution in [0.5, 0.6) is 5.75 Å². The fourth-order valence-corrected chi connectivity index (χ4v) is 6.65. The lowest BCUT2D eigenvalue weighted by Gasteiger charge is -2.44. The predicted molar refractivity (Wildman–Crippen MR) is 142 cm³/mol. The third-order valence-electron chi connectivity index (χ3n) is 8.23. The number of para-hydroxylation sites is 1. The number of nitrogens with zero attached hydrogens (tertiary/aromatic N) is 2. The maximum absolute atomic E-state index is 10.7. The summed E-state index contributed by atoms with van der Waals surface area (Å²) in [5.74, 6) is 1.64. The summed E-state index contributed by atoms with van der Waals surface area (Å²) in [6, 6.07) is 19.8. The van der Waals surface area contributed by atoms with E-state index in [1.54, 1.807) is 13.4 Å². The number of aliphatic hydroxyl groups is 1. The van der Waals surface area contributed by atoms with Gasteiger partial charge < -0.3 is 24.6 Å². The zero-order valence-electron chi connectivity index (χ0n) is 21.3. The van der Waals surface area contributed by atoms with Crippen LogP contribution < -0.4 is 10.1 Å². The molecule has 2 N–H and O–H groups in total. The molecule has 7 heteroatoms. The first kappa shape index (κ1) is 24.2. The van der Waals surface area contributed by atoms with Gasteiger partial charge in [-0.2, -0.15) is 0 Å². The molecule has 1 aromatic heterocycles. The number of rotatable bonds is 9. The van der Waals surface area contributed by atoms with Gasteiger partial charge in [-0.3, -0.25) is 9.88 Å². The molecule has 2 saturated heterocycles. The lowest BCUT2D eigenvalue weighted by Crippen LogP contribution is -2.53. The number of ether oxygens (including phenoxy) is 3. The van der Waals surface area contributed by atoms with Crippen molar-refractivity contribution < 1.29 is 19.3 Å². The van der Waals surface area contributed by atoms with Gasteiger partial charge >= 0.3 is 0 Å². The van der Waals surface area contributed by atoms with Gasteiger partial charge in [-0.15, -0.1) is 0 Å². The minimum absolute atomic E-state index is 0.0644. The zero-order valence-corrected chi connectivity index (χ0v) is 21.3. The molecule has 7 nitrogen and oxygen atoms in total. The van der Waals surface area contributed by atoms with E-state index in [0.29, 0.717) is 18.1 Å². The normalized spacial score (nSPS) is 24.8. The molecule has 6 rings (SSSR count). The topological polar surface area (TPSA) is 76.1 Å². The van der Waals surface area contributed by atoms with Gasteiger partial charge in [0.05, 0.1) is 25.8 Å². The maximum Gasteiger partial charge on any atom is 0.229 e. The highest BCUT2D eigenvalue weighted by molar-refractivity contribution is 5.87. The molecule has 3 aliphatic heterocycles. The molecule has 2 bridgehead atoms. The van der Waals surface area contributed by atoms with Gasteiger partial charge in [0.25, 0.3) is 0 Å². The van der Waals surface area contributed by atoms with Crippen LogP contribution >= 0.6 is 0 Å². The number of hydrogen-bond donors (Lipinski definition) is 2. The molecule has 0 radical (unpaired) electrons. The lowest BCUT2D eigenvalue weighted by molar-refractivity contribution is 0.0346. The first-order valence-corrected chi connectivity index (χ1v) is 13.3. The minimum Gasteiger partial charge on any atom is -0.494 e. The van der Waals surface area contributed by atoms with Gasteiger partial charge in [-0.1, -0.05) is 42.5 Å². The number of methoxy groups -OCH3 is 1. The largest absolute Gasteiger partial charge is 0.494 e. The van der Waals surface area contributed by atoms with Crippen LogP contribution in [0.2, 0.25) is 0 Å². The van der Waals surface area contributed by atoms with E-state index in [9.17, 15) is 5.11 Å². The SMILES string of the molecule is COc1cccc2c(C(CO)N3C4CCC3CC(NC(Cc3ccccc3)C3=COCO3)C4)ccnc12. The van der Waals surface area contributed by atoms with Crippen LogP contribution in [0.15, 0.2) is 72.8 Å². The molecule has 0 aliphatic carbocycles. The Morgan fingerprint density at radius 1 is 1.08 bits per heavy atom. The van der Waals surface area contributed by atoms with Crippen molar-refractivity contribution in [2.75, 3.05) is 20.5 Å². The van der Waals surface area contributed by atoms with Crippen LogP contribution in [-0.2, 0) is 15.9 Å². The van der Waals surface area contributed by atoms with E-state index >= 15 is 0 Å². The van der Waals surface area contributed by atoms with E-state index < -0.39 is 0 Å². The van der Waals surface area contributed by atoms with Gasteiger partial charge in [0.1, 0.15) is 17.5 Å². The Morgan fingerprint density at radius 2 is 1.89 bits per heavy atom. The molecule has 2 aromatic carbocycles. The number of piperidine rings is 1. The van der Waals surface area contributed by atoms with E-state index in [4.69, 9.17) is 14.2 Å². The van der Waals surface area contributed by atoms with Crippen LogP contribution in [0.1, 0.15) is 42.9 Å². The average Bonchev–Trinajstić information content (AvgIpc) is 3.56. The average molecular weight is 502 g/mol. The maximum atomic E-state index is 10.7. The van der Waals surface area contributed by atoms with Crippen molar-refractivity contribution in [3.63, 3.8) is 0 Å². The molecule has 0 spiro atoms. The number of benzene rings is 2. The molecule has 2 fully saturated rings.